The van der Waals surface area contributed by atoms with Gasteiger partial charge in [0.1, 0.15) is 0 Å². The van der Waals surface area contributed by atoms with Crippen molar-refractivity contribution < 1.29 is 0 Å². The van der Waals surface area contributed by atoms with Gasteiger partial charge >= 0.3 is 0 Å². The summed E-state index contributed by atoms with van der Waals surface area (Å²) in [6.07, 6.45) is 1.11. The fraction of sp³-hybridized carbons (Fsp3) is 0.0909. The maximum absolute atomic E-state index is 2.34. The quantitative estimate of drug-likeness (QED) is 0.233. The van der Waals surface area contributed by atoms with Crippen LogP contribution in [0, 0.1) is 0 Å². The van der Waals surface area contributed by atoms with Gasteiger partial charge in [0, 0.05) is 15.0 Å². The summed E-state index contributed by atoms with van der Waals surface area (Å²) in [5.74, 6) is 0. The Hall–Kier alpha value is -2.38. The molecule has 1 heteroatoms. The molecule has 0 nitrogen and oxygen atoms in total. The van der Waals surface area contributed by atoms with Crippen LogP contribution < -0.4 is 0 Å². The summed E-state index contributed by atoms with van der Waals surface area (Å²) in [5.41, 5.74) is 0. The van der Waals surface area contributed by atoms with Crippen molar-refractivity contribution in [3.8, 4) is 0 Å². The zero-order valence-electron chi connectivity index (χ0n) is 13.0. The molecule has 0 saturated carbocycles. The molecule has 5 rings (SSSR count). The molecule has 0 fully saturated rings. The molecule has 23 heavy (non-hydrogen) atoms. The van der Waals surface area contributed by atoms with Gasteiger partial charge in [0.05, 0.1) is 0 Å². The van der Waals surface area contributed by atoms with Crippen LogP contribution in [-0.4, -0.2) is 0 Å². The van der Waals surface area contributed by atoms with E-state index in [1.165, 1.54) is 47.3 Å². The topological polar surface area (TPSA) is 0 Å². The highest BCUT2D eigenvalue weighted by Gasteiger charge is 2.08. The maximum atomic E-state index is 2.34. The van der Waals surface area contributed by atoms with Crippen molar-refractivity contribution in [2.75, 3.05) is 0 Å². The predicted molar refractivity (Wildman–Crippen MR) is 104 cm³/mol. The van der Waals surface area contributed by atoms with Gasteiger partial charge < -0.3 is 0 Å². The fourth-order valence-electron chi connectivity index (χ4n) is 3.55. The monoisotopic (exact) mass is 312 g/mol. The summed E-state index contributed by atoms with van der Waals surface area (Å²) >= 11 is 1.94. The second-order valence-electron chi connectivity index (χ2n) is 6.13. The SMILES string of the molecule is CCc1cc2ccc3c4cc5ccccc5cc4ccc3c2s1. The minimum Gasteiger partial charge on any atom is -0.140 e. The summed E-state index contributed by atoms with van der Waals surface area (Å²) in [6, 6.07) is 24.7. The van der Waals surface area contributed by atoms with Gasteiger partial charge in [-0.25, -0.2) is 0 Å². The third kappa shape index (κ3) is 1.90. The first-order valence-electron chi connectivity index (χ1n) is 8.10. The third-order valence-corrected chi connectivity index (χ3v) is 6.09. The second-order valence-corrected chi connectivity index (χ2v) is 7.27. The Morgan fingerprint density at radius 2 is 1.39 bits per heavy atom. The van der Waals surface area contributed by atoms with Crippen LogP contribution in [0.15, 0.2) is 66.7 Å². The Bertz CT molecular complexity index is 1190. The molecule has 0 N–H and O–H groups in total. The molecule has 5 aromatic rings. The van der Waals surface area contributed by atoms with Crippen molar-refractivity contribution in [3.05, 3.63) is 71.6 Å². The molecule has 0 bridgehead atoms. The van der Waals surface area contributed by atoms with Gasteiger partial charge in [0.15, 0.2) is 0 Å². The first-order chi connectivity index (χ1) is 11.3. The number of hydrogen-bond donors (Lipinski definition) is 0. The minimum absolute atomic E-state index is 1.11. The van der Waals surface area contributed by atoms with Crippen LogP contribution in [0.1, 0.15) is 11.8 Å². The van der Waals surface area contributed by atoms with Gasteiger partial charge in [-0.2, -0.15) is 0 Å². The molecule has 0 aliphatic carbocycles. The maximum Gasteiger partial charge on any atom is 0.0424 e. The van der Waals surface area contributed by atoms with Crippen LogP contribution in [0.25, 0.3) is 42.4 Å². The van der Waals surface area contributed by atoms with E-state index < -0.39 is 0 Å². The van der Waals surface area contributed by atoms with Gasteiger partial charge in [-0.15, -0.1) is 11.3 Å². The van der Waals surface area contributed by atoms with E-state index in [-0.39, 0.29) is 0 Å². The van der Waals surface area contributed by atoms with Crippen molar-refractivity contribution in [1.82, 2.24) is 0 Å². The van der Waals surface area contributed by atoms with Gasteiger partial charge in [-0.05, 0) is 56.9 Å². The first-order valence-corrected chi connectivity index (χ1v) is 8.92. The average molecular weight is 312 g/mol. The van der Waals surface area contributed by atoms with E-state index in [0.717, 1.165) is 6.42 Å². The zero-order chi connectivity index (χ0) is 15.4. The fourth-order valence-corrected chi connectivity index (χ4v) is 4.68. The molecule has 0 saturated heterocycles. The van der Waals surface area contributed by atoms with Crippen LogP contribution in [-0.2, 0) is 6.42 Å². The number of fused-ring (bicyclic) bond motifs is 6. The lowest BCUT2D eigenvalue weighted by Crippen LogP contribution is -1.80. The van der Waals surface area contributed by atoms with Gasteiger partial charge in [0.25, 0.3) is 0 Å². The van der Waals surface area contributed by atoms with E-state index in [9.17, 15) is 0 Å². The lowest BCUT2D eigenvalue weighted by Gasteiger charge is -2.07. The number of rotatable bonds is 1. The highest BCUT2D eigenvalue weighted by Crippen LogP contribution is 2.37. The molecule has 0 atom stereocenters. The van der Waals surface area contributed by atoms with Crippen LogP contribution in [0.4, 0.5) is 0 Å². The summed E-state index contributed by atoms with van der Waals surface area (Å²) in [4.78, 5) is 1.46. The molecule has 0 aliphatic rings. The Balaban J connectivity index is 1.96. The summed E-state index contributed by atoms with van der Waals surface area (Å²) in [7, 11) is 0. The van der Waals surface area contributed by atoms with Crippen molar-refractivity contribution in [3.63, 3.8) is 0 Å². The molecule has 0 radical (unpaired) electrons. The Morgan fingerprint density at radius 3 is 2.22 bits per heavy atom. The van der Waals surface area contributed by atoms with Crippen molar-refractivity contribution in [2.24, 2.45) is 0 Å². The largest absolute Gasteiger partial charge is 0.140 e. The number of aryl methyl sites for hydroxylation is 1. The van der Waals surface area contributed by atoms with E-state index in [1.807, 2.05) is 11.3 Å². The number of hydrogen-bond acceptors (Lipinski definition) is 1. The van der Waals surface area contributed by atoms with Crippen LogP contribution in [0.5, 0.6) is 0 Å². The average Bonchev–Trinajstić information content (AvgIpc) is 3.03. The third-order valence-electron chi connectivity index (χ3n) is 4.76. The highest BCUT2D eigenvalue weighted by molar-refractivity contribution is 7.20. The lowest BCUT2D eigenvalue weighted by atomic mass is 9.97. The molecule has 0 unspecified atom stereocenters. The summed E-state index contributed by atoms with van der Waals surface area (Å²) in [6.45, 7) is 2.23. The van der Waals surface area contributed by atoms with E-state index >= 15 is 0 Å². The Morgan fingerprint density at radius 1 is 0.652 bits per heavy atom. The molecule has 0 amide bonds. The summed E-state index contributed by atoms with van der Waals surface area (Å²) < 4.78 is 1.43. The minimum atomic E-state index is 1.11. The van der Waals surface area contributed by atoms with Crippen molar-refractivity contribution in [1.29, 1.82) is 0 Å². The molecule has 1 aromatic heterocycles. The summed E-state index contributed by atoms with van der Waals surface area (Å²) in [5, 5.41) is 9.43. The molecule has 0 aliphatic heterocycles. The molecule has 0 spiro atoms. The lowest BCUT2D eigenvalue weighted by molar-refractivity contribution is 1.19. The second kappa shape index (κ2) is 4.81. The van der Waals surface area contributed by atoms with Crippen LogP contribution >= 0.6 is 11.3 Å². The van der Waals surface area contributed by atoms with Crippen molar-refractivity contribution in [2.45, 2.75) is 13.3 Å². The van der Waals surface area contributed by atoms with E-state index in [4.69, 9.17) is 0 Å². The number of thiophene rings is 1. The number of benzene rings is 4. The zero-order valence-corrected chi connectivity index (χ0v) is 13.8. The molecular weight excluding hydrogens is 296 g/mol. The van der Waals surface area contributed by atoms with Crippen LogP contribution in [0.3, 0.4) is 0 Å². The Labute approximate surface area is 139 Å². The predicted octanol–water partition coefficient (Wildman–Crippen LogP) is 6.92. The molecule has 1 heterocycles. The Kier molecular flexibility index (Phi) is 2.74. The standard InChI is InChI=1S/C22H16S/c1-2-18-12-17-8-9-19-20(22(17)23-18)10-7-16-11-14-5-3-4-6-15(14)13-21(16)19/h3-13H,2H2,1H3. The molecule has 110 valence electrons. The van der Waals surface area contributed by atoms with Gasteiger partial charge in [-0.1, -0.05) is 55.5 Å². The smallest absolute Gasteiger partial charge is 0.0424 e. The normalized spacial score (nSPS) is 11.9. The van der Waals surface area contributed by atoms with E-state index in [0.29, 0.717) is 0 Å². The molecular formula is C22H16S. The van der Waals surface area contributed by atoms with E-state index in [1.54, 1.807) is 0 Å². The first kappa shape index (κ1) is 13.1. The van der Waals surface area contributed by atoms with E-state index in [2.05, 4.69) is 73.7 Å². The van der Waals surface area contributed by atoms with Crippen molar-refractivity contribution >= 4 is 53.7 Å². The van der Waals surface area contributed by atoms with Gasteiger partial charge in [0.2, 0.25) is 0 Å². The van der Waals surface area contributed by atoms with Crippen LogP contribution in [0.2, 0.25) is 0 Å². The molecule has 4 aromatic carbocycles. The van der Waals surface area contributed by atoms with Gasteiger partial charge in [-0.3, -0.25) is 0 Å². The highest BCUT2D eigenvalue weighted by atomic mass is 32.1.